The molecule has 9 heterocycles. The lowest BCUT2D eigenvalue weighted by molar-refractivity contribution is -0.144. The summed E-state index contributed by atoms with van der Waals surface area (Å²) in [6.45, 7) is 9.64. The van der Waals surface area contributed by atoms with Gasteiger partial charge in [0.15, 0.2) is 5.82 Å². The van der Waals surface area contributed by atoms with Gasteiger partial charge in [0.2, 0.25) is 0 Å². The van der Waals surface area contributed by atoms with E-state index in [0.717, 1.165) is 128 Å². The van der Waals surface area contributed by atoms with Crippen molar-refractivity contribution < 1.29 is 43.9 Å². The second-order valence-electron chi connectivity index (χ2n) is 27.4. The summed E-state index contributed by atoms with van der Waals surface area (Å²) in [5, 5.41) is 83.7. The molecule has 31 nitrogen and oxygen atoms in total. The summed E-state index contributed by atoms with van der Waals surface area (Å²) in [5.41, 5.74) is 12.2. The lowest BCUT2D eigenvalue weighted by Crippen LogP contribution is -2.29. The first kappa shape index (κ1) is 72.1. The molecular formula is C72H90N22O9. The Hall–Kier alpha value is -10.8. The van der Waals surface area contributed by atoms with E-state index in [-0.39, 0.29) is 36.1 Å². The highest BCUT2D eigenvalue weighted by Gasteiger charge is 2.33. The second kappa shape index (κ2) is 33.4. The Morgan fingerprint density at radius 2 is 0.961 bits per heavy atom. The number of carbonyl (C=O) groups is 3. The number of unbranched alkanes of at least 4 members (excludes halogenated alkanes) is 1. The van der Waals surface area contributed by atoms with Crippen LogP contribution >= 0.6 is 0 Å². The van der Waals surface area contributed by atoms with Crippen LogP contribution in [-0.4, -0.2) is 162 Å². The molecule has 14 rings (SSSR count). The molecule has 103 heavy (non-hydrogen) atoms. The molecular weight excluding hydrogens is 1320 g/mol. The molecule has 542 valence electrons. The molecule has 0 spiro atoms. The zero-order valence-corrected chi connectivity index (χ0v) is 59.4. The predicted octanol–water partition coefficient (Wildman–Crippen LogP) is 9.08. The van der Waals surface area contributed by atoms with Crippen molar-refractivity contribution >= 4 is 17.9 Å². The highest BCUT2D eigenvalue weighted by molar-refractivity contribution is 5.71. The average molecular weight is 1410 g/mol. The highest BCUT2D eigenvalue weighted by Crippen LogP contribution is 2.36. The smallest absolute Gasteiger partial charge is 0.306 e. The number of tetrazole rings is 1. The number of carboxylic acid groups (broad SMARTS) is 3. The third-order valence-electron chi connectivity index (χ3n) is 19.5. The number of rotatable bonds is 26. The number of aromatic nitrogens is 22. The SMILES string of the molecule is CCCCn1nnc(Cc2c(-c3ccc(O[C@H]4CCC[C@H](C(=O)O)C4)c(C)n3)nnn2C)n1.CCc1nc(-c2nnn(C)c2Cn2cc(CC3CC3)nn2)ccc1O[C@H]1CCC[C@H](C(=O)O)C1.Cc1nc(-c2nnn(C)c2Cn2cc(Cc3ccccc3)nn2)ccc1O[C@H]1CCC[C@H](C(=O)O)C1. The minimum absolute atomic E-state index is 0.1000. The monoisotopic (exact) mass is 1410 g/mol. The molecule has 3 N–H and O–H groups in total. The van der Waals surface area contributed by atoms with Crippen LogP contribution in [0.4, 0.5) is 0 Å². The zero-order valence-electron chi connectivity index (χ0n) is 59.4. The van der Waals surface area contributed by atoms with Gasteiger partial charge in [-0.05, 0) is 176 Å². The molecule has 10 aromatic rings. The van der Waals surface area contributed by atoms with E-state index < -0.39 is 17.9 Å². The summed E-state index contributed by atoms with van der Waals surface area (Å²) in [6, 6.07) is 21.5. The van der Waals surface area contributed by atoms with Crippen molar-refractivity contribution in [2.45, 2.75) is 194 Å². The van der Waals surface area contributed by atoms with E-state index in [2.05, 4.69) is 86.0 Å². The van der Waals surface area contributed by atoms with E-state index in [9.17, 15) is 29.7 Å². The van der Waals surface area contributed by atoms with E-state index in [4.69, 9.17) is 29.2 Å². The molecule has 4 aliphatic rings. The fourth-order valence-electron chi connectivity index (χ4n) is 13.5. The summed E-state index contributed by atoms with van der Waals surface area (Å²) in [6.07, 6.45) is 20.0. The normalized spacial score (nSPS) is 18.8. The Kier molecular flexibility index (Phi) is 23.3. The number of hydrogen-bond acceptors (Lipinski definition) is 22. The third kappa shape index (κ3) is 18.7. The van der Waals surface area contributed by atoms with Crippen LogP contribution in [0, 0.1) is 37.5 Å². The largest absolute Gasteiger partial charge is 0.489 e. The average Bonchev–Trinajstić information content (AvgIpc) is 1.72. The number of aliphatic carboxylic acids is 3. The van der Waals surface area contributed by atoms with Gasteiger partial charge in [-0.15, -0.1) is 35.7 Å². The number of pyridine rings is 3. The Morgan fingerprint density at radius 3 is 1.45 bits per heavy atom. The van der Waals surface area contributed by atoms with E-state index >= 15 is 0 Å². The standard InChI is InChI=1S/C26H29N7O3.C24H31N7O3.C22H30N8O3/c1-17-24(36-21-10-6-9-19(14-21)26(34)35)12-11-22(27-17)25-23(32(2)30-29-25)16-33-15-20(28-31-33)13-18-7-4-3-5-8-18;1-3-19-22(34-18-6-4-5-16(12-18)24(32)33)10-9-20(25-19)23-21(30(2)28-27-23)14-31-13-17(26-29-31)11-15-7-8-15;1-4-5-11-30-26-20(24-28-30)13-18-21(25-27-29(18)3)17-9-10-19(14(2)23-17)33-16-8-6-7-15(12-16)22(31)32/h3-5,7-8,11-12,15,19,21H,6,9-10,13-14,16H2,1-2H3,(H,34,35);9-10,13,15-16,18H,3-8,11-12,14H2,1-2H3,(H,32,33);9-10,15-16H,4-8,11-13H2,1-3H3,(H,31,32)/t19-,21-;16-,18-;15-,16-/m000/s1. The van der Waals surface area contributed by atoms with Crippen molar-refractivity contribution in [3.8, 4) is 51.4 Å². The molecule has 6 atom stereocenters. The minimum Gasteiger partial charge on any atom is -0.489 e. The number of aryl methyl sites for hydroxylation is 7. The summed E-state index contributed by atoms with van der Waals surface area (Å²) in [5.74, 6) is 0.179. The molecule has 0 bridgehead atoms. The van der Waals surface area contributed by atoms with Crippen LogP contribution in [0.2, 0.25) is 0 Å². The number of benzene rings is 1. The van der Waals surface area contributed by atoms with Gasteiger partial charge in [0.05, 0.1) is 125 Å². The van der Waals surface area contributed by atoms with Crippen LogP contribution < -0.4 is 14.2 Å². The predicted molar refractivity (Wildman–Crippen MR) is 373 cm³/mol. The second-order valence-corrected chi connectivity index (χ2v) is 27.4. The topological polar surface area (TPSA) is 375 Å². The van der Waals surface area contributed by atoms with Gasteiger partial charge in [-0.2, -0.15) is 4.80 Å². The first-order chi connectivity index (χ1) is 49.9. The van der Waals surface area contributed by atoms with Crippen molar-refractivity contribution in [2.24, 2.45) is 44.8 Å². The van der Waals surface area contributed by atoms with Crippen molar-refractivity contribution in [3.05, 3.63) is 136 Å². The Bertz CT molecular complexity index is 4520. The van der Waals surface area contributed by atoms with E-state index in [1.54, 1.807) is 23.5 Å². The van der Waals surface area contributed by atoms with Gasteiger partial charge < -0.3 is 29.5 Å². The van der Waals surface area contributed by atoms with Gasteiger partial charge in [0.25, 0.3) is 0 Å². The molecule has 0 radical (unpaired) electrons. The molecule has 31 heteroatoms. The molecule has 4 saturated carbocycles. The fraction of sp³-hybridized carbons (Fsp3) is 0.514. The Balaban J connectivity index is 0.000000146. The third-order valence-corrected chi connectivity index (χ3v) is 19.5. The molecule has 0 unspecified atom stereocenters. The lowest BCUT2D eigenvalue weighted by atomic mass is 9.87. The summed E-state index contributed by atoms with van der Waals surface area (Å²) in [4.78, 5) is 50.0. The molecule has 1 aromatic carbocycles. The maximum atomic E-state index is 11.4. The zero-order chi connectivity index (χ0) is 72.1. The van der Waals surface area contributed by atoms with Gasteiger partial charge in [-0.25, -0.2) is 33.7 Å². The van der Waals surface area contributed by atoms with E-state index in [1.807, 2.05) is 114 Å². The molecule has 0 saturated heterocycles. The minimum atomic E-state index is -0.747. The highest BCUT2D eigenvalue weighted by atomic mass is 16.5. The fourth-order valence-corrected chi connectivity index (χ4v) is 13.5. The number of ether oxygens (including phenoxy) is 3. The van der Waals surface area contributed by atoms with E-state index in [1.165, 1.54) is 18.4 Å². The number of hydrogen-bond donors (Lipinski definition) is 3. The van der Waals surface area contributed by atoms with Crippen LogP contribution in [-0.2, 0) is 80.8 Å². The van der Waals surface area contributed by atoms with Crippen molar-refractivity contribution in [3.63, 3.8) is 0 Å². The van der Waals surface area contributed by atoms with Gasteiger partial charge in [-0.1, -0.05) is 76.7 Å². The number of nitrogens with zero attached hydrogens (tertiary/aromatic N) is 22. The van der Waals surface area contributed by atoms with Gasteiger partial charge in [0.1, 0.15) is 34.3 Å². The summed E-state index contributed by atoms with van der Waals surface area (Å²) in [7, 11) is 5.55. The summed E-state index contributed by atoms with van der Waals surface area (Å²) >= 11 is 0. The van der Waals surface area contributed by atoms with Crippen molar-refractivity contribution in [1.29, 1.82) is 0 Å². The van der Waals surface area contributed by atoms with Crippen molar-refractivity contribution in [1.82, 2.24) is 110 Å². The van der Waals surface area contributed by atoms with Gasteiger partial charge in [0, 0.05) is 40.0 Å². The van der Waals surface area contributed by atoms with E-state index in [0.29, 0.717) is 116 Å². The quantitative estimate of drug-likeness (QED) is 0.0455. The van der Waals surface area contributed by atoms with Crippen LogP contribution in [0.5, 0.6) is 17.2 Å². The van der Waals surface area contributed by atoms with Crippen LogP contribution in [0.1, 0.15) is 174 Å². The maximum absolute atomic E-state index is 11.4. The first-order valence-corrected chi connectivity index (χ1v) is 35.8. The Labute approximate surface area is 595 Å². The molecule has 4 fully saturated rings. The van der Waals surface area contributed by atoms with Crippen molar-refractivity contribution in [2.75, 3.05) is 0 Å². The van der Waals surface area contributed by atoms with Crippen LogP contribution in [0.15, 0.2) is 79.1 Å². The first-order valence-electron chi connectivity index (χ1n) is 35.8. The summed E-state index contributed by atoms with van der Waals surface area (Å²) < 4.78 is 27.3. The lowest BCUT2D eigenvalue weighted by Gasteiger charge is -2.28. The molecule has 0 amide bonds. The Morgan fingerprint density at radius 1 is 0.495 bits per heavy atom. The molecule has 0 aliphatic heterocycles. The van der Waals surface area contributed by atoms with Crippen LogP contribution in [0.25, 0.3) is 34.2 Å². The number of carboxylic acids is 3. The maximum Gasteiger partial charge on any atom is 0.306 e. The molecule has 4 aliphatic carbocycles. The van der Waals surface area contributed by atoms with Crippen LogP contribution in [0.3, 0.4) is 0 Å². The van der Waals surface area contributed by atoms with Gasteiger partial charge >= 0.3 is 17.9 Å². The molecule has 9 aromatic heterocycles. The van der Waals surface area contributed by atoms with Gasteiger partial charge in [-0.3, -0.25) is 19.1 Å².